The zero-order valence-corrected chi connectivity index (χ0v) is 13.6. The predicted octanol–water partition coefficient (Wildman–Crippen LogP) is 4.18. The molecule has 0 unspecified atom stereocenters. The molecule has 0 bridgehead atoms. The Hall–Kier alpha value is -0.900. The number of aromatic nitrogens is 1. The van der Waals surface area contributed by atoms with E-state index in [1.165, 1.54) is 19.3 Å². The van der Waals surface area contributed by atoms with Crippen molar-refractivity contribution in [1.29, 1.82) is 0 Å². The van der Waals surface area contributed by atoms with Crippen LogP contribution in [-0.2, 0) is 0 Å². The Morgan fingerprint density at radius 1 is 1.37 bits per heavy atom. The first-order valence-electron chi connectivity index (χ1n) is 6.83. The fourth-order valence-corrected chi connectivity index (χ4v) is 2.26. The molecule has 0 aromatic carbocycles. The number of amides is 1. The molecule has 19 heavy (non-hydrogen) atoms. The number of pyridine rings is 1. The van der Waals surface area contributed by atoms with Gasteiger partial charge in [-0.05, 0) is 33.8 Å². The van der Waals surface area contributed by atoms with Crippen LogP contribution in [0.15, 0.2) is 22.9 Å². The van der Waals surface area contributed by atoms with E-state index >= 15 is 0 Å². The normalized spacial score (nSPS) is 11.4. The third-order valence-electron chi connectivity index (χ3n) is 3.15. The molecule has 0 spiro atoms. The van der Waals surface area contributed by atoms with E-state index in [1.807, 2.05) is 0 Å². The van der Waals surface area contributed by atoms with Crippen LogP contribution in [0.2, 0.25) is 0 Å². The molecule has 1 rings (SSSR count). The van der Waals surface area contributed by atoms with Gasteiger partial charge in [-0.1, -0.05) is 40.0 Å². The molecule has 106 valence electrons. The first-order valence-corrected chi connectivity index (χ1v) is 7.62. The molecular weight excluding hydrogens is 304 g/mol. The van der Waals surface area contributed by atoms with Gasteiger partial charge in [0.05, 0.1) is 5.56 Å². The van der Waals surface area contributed by atoms with Crippen molar-refractivity contribution in [3.63, 3.8) is 0 Å². The van der Waals surface area contributed by atoms with Crippen LogP contribution in [0.25, 0.3) is 0 Å². The van der Waals surface area contributed by atoms with Gasteiger partial charge >= 0.3 is 0 Å². The summed E-state index contributed by atoms with van der Waals surface area (Å²) in [5, 5.41) is 2.99. The summed E-state index contributed by atoms with van der Waals surface area (Å²) in [6.07, 6.45) is 8.10. The Labute approximate surface area is 124 Å². The van der Waals surface area contributed by atoms with Crippen LogP contribution in [0.3, 0.4) is 0 Å². The molecule has 1 amide bonds. The second-order valence-corrected chi connectivity index (χ2v) is 6.61. The van der Waals surface area contributed by atoms with Crippen molar-refractivity contribution in [3.8, 4) is 0 Å². The zero-order valence-electron chi connectivity index (χ0n) is 12.0. The van der Waals surface area contributed by atoms with Crippen molar-refractivity contribution in [2.24, 2.45) is 5.41 Å². The number of nitrogens with zero attached hydrogens (tertiary/aromatic N) is 1. The molecule has 0 atom stereocenters. The number of unbranched alkanes of at least 4 members (excludes halogenated alkanes) is 2. The third kappa shape index (κ3) is 6.19. The van der Waals surface area contributed by atoms with Crippen LogP contribution >= 0.6 is 15.9 Å². The van der Waals surface area contributed by atoms with Gasteiger partial charge < -0.3 is 5.32 Å². The van der Waals surface area contributed by atoms with E-state index in [1.54, 1.807) is 18.5 Å². The van der Waals surface area contributed by atoms with Crippen molar-refractivity contribution < 1.29 is 4.79 Å². The number of halogens is 1. The van der Waals surface area contributed by atoms with Gasteiger partial charge in [0.25, 0.3) is 5.91 Å². The van der Waals surface area contributed by atoms with E-state index < -0.39 is 0 Å². The maximum absolute atomic E-state index is 12.0. The fourth-order valence-electron chi connectivity index (χ4n) is 1.90. The summed E-state index contributed by atoms with van der Waals surface area (Å²) < 4.78 is 0.822. The summed E-state index contributed by atoms with van der Waals surface area (Å²) in [4.78, 5) is 16.0. The van der Waals surface area contributed by atoms with Gasteiger partial charge in [-0.25, -0.2) is 0 Å². The number of hydrogen-bond acceptors (Lipinski definition) is 2. The quantitative estimate of drug-likeness (QED) is 0.763. The number of carbonyl (C=O) groups is 1. The Morgan fingerprint density at radius 2 is 2.11 bits per heavy atom. The molecule has 3 nitrogen and oxygen atoms in total. The van der Waals surface area contributed by atoms with E-state index in [4.69, 9.17) is 0 Å². The molecule has 4 heteroatoms. The highest BCUT2D eigenvalue weighted by molar-refractivity contribution is 9.10. The van der Waals surface area contributed by atoms with Gasteiger partial charge in [0, 0.05) is 23.4 Å². The summed E-state index contributed by atoms with van der Waals surface area (Å²) in [6, 6.07) is 1.78. The summed E-state index contributed by atoms with van der Waals surface area (Å²) in [7, 11) is 0. The topological polar surface area (TPSA) is 42.0 Å². The van der Waals surface area contributed by atoms with Crippen molar-refractivity contribution in [2.75, 3.05) is 6.54 Å². The first kappa shape index (κ1) is 16.2. The Morgan fingerprint density at radius 3 is 2.74 bits per heavy atom. The molecule has 1 aromatic heterocycles. The lowest BCUT2D eigenvalue weighted by Gasteiger charge is -2.25. The standard InChI is InChI=1S/C15H23BrN2O/c1-4-5-6-7-15(2,3)11-18-14(19)12-8-13(16)10-17-9-12/h8-10H,4-7,11H2,1-3H3,(H,18,19). The predicted molar refractivity (Wildman–Crippen MR) is 82.2 cm³/mol. The number of carbonyl (C=O) groups excluding carboxylic acids is 1. The molecule has 0 radical (unpaired) electrons. The minimum Gasteiger partial charge on any atom is -0.351 e. The molecule has 0 aliphatic rings. The van der Waals surface area contributed by atoms with E-state index in [0.717, 1.165) is 10.9 Å². The molecule has 0 saturated heterocycles. The average Bonchev–Trinajstić information content (AvgIpc) is 2.36. The van der Waals surface area contributed by atoms with Crippen molar-refractivity contribution in [3.05, 3.63) is 28.5 Å². The molecule has 1 N–H and O–H groups in total. The molecule has 0 aliphatic heterocycles. The summed E-state index contributed by atoms with van der Waals surface area (Å²) >= 11 is 3.32. The van der Waals surface area contributed by atoms with Gasteiger partial charge in [0.2, 0.25) is 0 Å². The Balaban J connectivity index is 2.45. The minimum atomic E-state index is -0.0580. The average molecular weight is 327 g/mol. The second kappa shape index (κ2) is 7.63. The van der Waals surface area contributed by atoms with Crippen molar-refractivity contribution >= 4 is 21.8 Å². The lowest BCUT2D eigenvalue weighted by atomic mass is 9.87. The van der Waals surface area contributed by atoms with E-state index in [9.17, 15) is 4.79 Å². The molecule has 1 heterocycles. The van der Waals surface area contributed by atoms with Crippen molar-refractivity contribution in [1.82, 2.24) is 10.3 Å². The highest BCUT2D eigenvalue weighted by atomic mass is 79.9. The summed E-state index contributed by atoms with van der Waals surface area (Å²) in [5.74, 6) is -0.0580. The number of rotatable bonds is 7. The lowest BCUT2D eigenvalue weighted by Crippen LogP contribution is -2.34. The summed E-state index contributed by atoms with van der Waals surface area (Å²) in [6.45, 7) is 7.29. The maximum Gasteiger partial charge on any atom is 0.252 e. The molecule has 0 saturated carbocycles. The fraction of sp³-hybridized carbons (Fsp3) is 0.600. The smallest absolute Gasteiger partial charge is 0.252 e. The molecule has 1 aromatic rings. The van der Waals surface area contributed by atoms with E-state index in [2.05, 4.69) is 47.0 Å². The molecule has 0 fully saturated rings. The van der Waals surface area contributed by atoms with Crippen LogP contribution in [-0.4, -0.2) is 17.4 Å². The molecule has 0 aliphatic carbocycles. The zero-order chi connectivity index (χ0) is 14.3. The van der Waals surface area contributed by atoms with Crippen LogP contribution in [0.4, 0.5) is 0 Å². The number of nitrogens with one attached hydrogen (secondary N) is 1. The van der Waals surface area contributed by atoms with Gasteiger partial charge in [0.15, 0.2) is 0 Å². The van der Waals surface area contributed by atoms with Crippen LogP contribution in [0, 0.1) is 5.41 Å². The largest absolute Gasteiger partial charge is 0.351 e. The van der Waals surface area contributed by atoms with Crippen LogP contribution < -0.4 is 5.32 Å². The van der Waals surface area contributed by atoms with Gasteiger partial charge in [-0.2, -0.15) is 0 Å². The Kier molecular flexibility index (Phi) is 6.49. The second-order valence-electron chi connectivity index (χ2n) is 5.70. The maximum atomic E-state index is 12.0. The van der Waals surface area contributed by atoms with Crippen LogP contribution in [0.5, 0.6) is 0 Å². The van der Waals surface area contributed by atoms with Crippen molar-refractivity contribution in [2.45, 2.75) is 46.5 Å². The van der Waals surface area contributed by atoms with E-state index in [0.29, 0.717) is 12.1 Å². The Bertz CT molecular complexity index is 418. The van der Waals surface area contributed by atoms with Crippen LogP contribution in [0.1, 0.15) is 56.8 Å². The minimum absolute atomic E-state index is 0.0580. The molecular formula is C15H23BrN2O. The monoisotopic (exact) mass is 326 g/mol. The summed E-state index contributed by atoms with van der Waals surface area (Å²) in [5.41, 5.74) is 0.739. The third-order valence-corrected chi connectivity index (χ3v) is 3.59. The van der Waals surface area contributed by atoms with E-state index in [-0.39, 0.29) is 11.3 Å². The first-order chi connectivity index (χ1) is 8.94. The van der Waals surface area contributed by atoms with Gasteiger partial charge in [-0.3, -0.25) is 9.78 Å². The lowest BCUT2D eigenvalue weighted by molar-refractivity contribution is 0.0933. The number of hydrogen-bond donors (Lipinski definition) is 1. The highest BCUT2D eigenvalue weighted by Gasteiger charge is 2.18. The van der Waals surface area contributed by atoms with Gasteiger partial charge in [-0.15, -0.1) is 0 Å². The highest BCUT2D eigenvalue weighted by Crippen LogP contribution is 2.22. The SMILES string of the molecule is CCCCCC(C)(C)CNC(=O)c1cncc(Br)c1. The van der Waals surface area contributed by atoms with Gasteiger partial charge in [0.1, 0.15) is 0 Å².